The number of benzene rings is 1. The predicted octanol–water partition coefficient (Wildman–Crippen LogP) is 2.07. The second kappa shape index (κ2) is 7.70. The van der Waals surface area contributed by atoms with Gasteiger partial charge in [0, 0.05) is 44.8 Å². The zero-order valence-electron chi connectivity index (χ0n) is 15.0. The van der Waals surface area contributed by atoms with Gasteiger partial charge in [-0.3, -0.25) is 9.69 Å². The minimum atomic E-state index is -0.0232. The number of urea groups is 1. The molecule has 6 nitrogen and oxygen atoms in total. The molecule has 0 bridgehead atoms. The van der Waals surface area contributed by atoms with E-state index in [0.29, 0.717) is 26.2 Å². The number of rotatable bonds is 4. The molecule has 0 atom stereocenters. The van der Waals surface area contributed by atoms with Crippen molar-refractivity contribution in [3.8, 4) is 0 Å². The van der Waals surface area contributed by atoms with Crippen molar-refractivity contribution in [1.82, 2.24) is 20.1 Å². The molecular weight excluding hydrogens is 316 g/mol. The summed E-state index contributed by atoms with van der Waals surface area (Å²) in [6.07, 6.45) is 0.940. The molecule has 2 heterocycles. The van der Waals surface area contributed by atoms with Crippen molar-refractivity contribution in [3.63, 3.8) is 0 Å². The number of H-pyrrole nitrogens is 1. The van der Waals surface area contributed by atoms with E-state index in [-0.39, 0.29) is 11.6 Å². The van der Waals surface area contributed by atoms with Crippen molar-refractivity contribution in [2.24, 2.45) is 0 Å². The fourth-order valence-corrected chi connectivity index (χ4v) is 3.24. The molecule has 25 heavy (non-hydrogen) atoms. The molecule has 0 unspecified atom stereocenters. The Hall–Kier alpha value is -2.34. The van der Waals surface area contributed by atoms with Crippen molar-refractivity contribution >= 4 is 16.9 Å². The molecule has 2 N–H and O–H groups in total. The average Bonchev–Trinajstić information content (AvgIpc) is 2.62. The number of aromatic nitrogens is 1. The van der Waals surface area contributed by atoms with Crippen LogP contribution in [0.5, 0.6) is 0 Å². The monoisotopic (exact) mass is 342 g/mol. The van der Waals surface area contributed by atoms with E-state index < -0.39 is 0 Å². The normalized spacial score (nSPS) is 15.5. The molecule has 2 aromatic rings. The van der Waals surface area contributed by atoms with Crippen LogP contribution in [0.25, 0.3) is 10.9 Å². The van der Waals surface area contributed by atoms with Crippen LogP contribution in [0.3, 0.4) is 0 Å². The van der Waals surface area contributed by atoms with Gasteiger partial charge in [0.15, 0.2) is 0 Å². The van der Waals surface area contributed by atoms with Gasteiger partial charge in [0.25, 0.3) is 5.56 Å². The van der Waals surface area contributed by atoms with E-state index in [4.69, 9.17) is 0 Å². The first-order valence-corrected chi connectivity index (χ1v) is 8.95. The van der Waals surface area contributed by atoms with Crippen LogP contribution in [0.4, 0.5) is 4.79 Å². The Bertz CT molecular complexity index is 807. The quantitative estimate of drug-likeness (QED) is 0.894. The fraction of sp³-hybridized carbons (Fsp3) is 0.474. The molecule has 3 rings (SSSR count). The Morgan fingerprint density at radius 1 is 1.24 bits per heavy atom. The third kappa shape index (κ3) is 4.02. The highest BCUT2D eigenvalue weighted by Gasteiger charge is 2.21. The summed E-state index contributed by atoms with van der Waals surface area (Å²) in [6.45, 7) is 8.33. The predicted molar refractivity (Wildman–Crippen MR) is 99.8 cm³/mol. The van der Waals surface area contributed by atoms with E-state index in [1.165, 1.54) is 0 Å². The van der Waals surface area contributed by atoms with E-state index in [1.807, 2.05) is 43.0 Å². The highest BCUT2D eigenvalue weighted by atomic mass is 16.2. The zero-order valence-corrected chi connectivity index (χ0v) is 15.0. The molecule has 0 aliphatic carbocycles. The maximum absolute atomic E-state index is 12.4. The third-order valence-electron chi connectivity index (χ3n) is 4.74. The number of para-hydroxylation sites is 1. The van der Waals surface area contributed by atoms with Crippen LogP contribution in [0, 0.1) is 6.92 Å². The Morgan fingerprint density at radius 2 is 2.00 bits per heavy atom. The van der Waals surface area contributed by atoms with Crippen molar-refractivity contribution < 1.29 is 4.79 Å². The number of hydrogen-bond donors (Lipinski definition) is 2. The summed E-state index contributed by atoms with van der Waals surface area (Å²) in [7, 11) is 0. The molecule has 6 heteroatoms. The van der Waals surface area contributed by atoms with Crippen LogP contribution >= 0.6 is 0 Å². The molecule has 0 saturated carbocycles. The standard InChI is InChI=1S/C19H26N4O2/c1-3-7-20-19(25)23-10-8-22(9-11-23)13-16-12-15-6-4-5-14(2)17(15)21-18(16)24/h4-6,12H,3,7-11,13H2,1-2H3,(H,20,25)(H,21,24). The first-order valence-electron chi connectivity index (χ1n) is 8.95. The number of pyridine rings is 1. The van der Waals surface area contributed by atoms with Gasteiger partial charge in [-0.15, -0.1) is 0 Å². The highest BCUT2D eigenvalue weighted by molar-refractivity contribution is 5.81. The van der Waals surface area contributed by atoms with Crippen LogP contribution in [0.1, 0.15) is 24.5 Å². The van der Waals surface area contributed by atoms with Gasteiger partial charge >= 0.3 is 6.03 Å². The van der Waals surface area contributed by atoms with E-state index in [0.717, 1.165) is 41.5 Å². The van der Waals surface area contributed by atoms with Gasteiger partial charge in [0.1, 0.15) is 0 Å². The number of piperazine rings is 1. The summed E-state index contributed by atoms with van der Waals surface area (Å²) in [6, 6.07) is 8.04. The van der Waals surface area contributed by atoms with Crippen molar-refractivity contribution in [2.75, 3.05) is 32.7 Å². The van der Waals surface area contributed by atoms with Crippen LogP contribution in [0.2, 0.25) is 0 Å². The van der Waals surface area contributed by atoms with Gasteiger partial charge in [-0.1, -0.05) is 25.1 Å². The molecule has 134 valence electrons. The lowest BCUT2D eigenvalue weighted by molar-refractivity contribution is 0.135. The highest BCUT2D eigenvalue weighted by Crippen LogP contribution is 2.16. The summed E-state index contributed by atoms with van der Waals surface area (Å²) in [5.74, 6) is 0. The molecule has 1 fully saturated rings. The number of nitrogens with one attached hydrogen (secondary N) is 2. The topological polar surface area (TPSA) is 68.4 Å². The first kappa shape index (κ1) is 17.5. The van der Waals surface area contributed by atoms with Crippen LogP contribution in [-0.2, 0) is 6.54 Å². The van der Waals surface area contributed by atoms with E-state index in [2.05, 4.69) is 15.2 Å². The minimum Gasteiger partial charge on any atom is -0.338 e. The van der Waals surface area contributed by atoms with Crippen molar-refractivity contribution in [2.45, 2.75) is 26.8 Å². The first-order chi connectivity index (χ1) is 12.1. The number of carbonyl (C=O) groups excluding carboxylic acids is 1. The maximum Gasteiger partial charge on any atom is 0.317 e. The second-order valence-electron chi connectivity index (χ2n) is 6.66. The number of hydrogen-bond acceptors (Lipinski definition) is 3. The maximum atomic E-state index is 12.4. The Morgan fingerprint density at radius 3 is 2.72 bits per heavy atom. The molecule has 1 aliphatic rings. The minimum absolute atomic E-state index is 0.0144. The van der Waals surface area contributed by atoms with Gasteiger partial charge < -0.3 is 15.2 Å². The van der Waals surface area contributed by atoms with E-state index >= 15 is 0 Å². The van der Waals surface area contributed by atoms with Crippen molar-refractivity contribution in [3.05, 3.63) is 45.7 Å². The summed E-state index contributed by atoms with van der Waals surface area (Å²) < 4.78 is 0. The largest absolute Gasteiger partial charge is 0.338 e. The Balaban J connectivity index is 1.64. The van der Waals surface area contributed by atoms with Crippen molar-refractivity contribution in [1.29, 1.82) is 0 Å². The molecule has 1 aliphatic heterocycles. The van der Waals surface area contributed by atoms with Crippen LogP contribution < -0.4 is 10.9 Å². The van der Waals surface area contributed by atoms with Crippen LogP contribution in [-0.4, -0.2) is 53.5 Å². The molecular formula is C19H26N4O2. The lowest BCUT2D eigenvalue weighted by atomic mass is 10.1. The second-order valence-corrected chi connectivity index (χ2v) is 6.66. The summed E-state index contributed by atoms with van der Waals surface area (Å²) in [5.41, 5.74) is 2.74. The fourth-order valence-electron chi connectivity index (χ4n) is 3.24. The van der Waals surface area contributed by atoms with E-state index in [1.54, 1.807) is 0 Å². The SMILES string of the molecule is CCCNC(=O)N1CCN(Cc2cc3cccc(C)c3[nH]c2=O)CC1. The Kier molecular flexibility index (Phi) is 5.38. The molecule has 1 aromatic heterocycles. The van der Waals surface area contributed by atoms with Gasteiger partial charge in [-0.05, 0) is 30.4 Å². The molecule has 0 radical (unpaired) electrons. The molecule has 1 aromatic carbocycles. The van der Waals surface area contributed by atoms with Gasteiger partial charge in [-0.25, -0.2) is 4.79 Å². The smallest absolute Gasteiger partial charge is 0.317 e. The van der Waals surface area contributed by atoms with Crippen LogP contribution in [0.15, 0.2) is 29.1 Å². The Labute approximate surface area is 147 Å². The molecule has 1 saturated heterocycles. The lowest BCUT2D eigenvalue weighted by Crippen LogP contribution is -2.51. The zero-order chi connectivity index (χ0) is 17.8. The third-order valence-corrected chi connectivity index (χ3v) is 4.74. The van der Waals surface area contributed by atoms with Gasteiger partial charge in [0.05, 0.1) is 5.52 Å². The van der Waals surface area contributed by atoms with Gasteiger partial charge in [0.2, 0.25) is 0 Å². The summed E-state index contributed by atoms with van der Waals surface area (Å²) in [5, 5.41) is 3.98. The average molecular weight is 342 g/mol. The number of aromatic amines is 1. The molecule has 2 amide bonds. The summed E-state index contributed by atoms with van der Waals surface area (Å²) in [4.78, 5) is 31.5. The number of nitrogens with zero attached hydrogens (tertiary/aromatic N) is 2. The lowest BCUT2D eigenvalue weighted by Gasteiger charge is -2.34. The number of carbonyl (C=O) groups is 1. The molecule has 0 spiro atoms. The van der Waals surface area contributed by atoms with Gasteiger partial charge in [-0.2, -0.15) is 0 Å². The van der Waals surface area contributed by atoms with E-state index in [9.17, 15) is 9.59 Å². The summed E-state index contributed by atoms with van der Waals surface area (Å²) >= 11 is 0. The number of aryl methyl sites for hydroxylation is 1. The number of fused-ring (bicyclic) bond motifs is 1. The number of amides is 2.